The standard InChI is InChI=1S/C22H23F2N3O4/c23-22(24)12-27(13-22)18-9-8-16(26-21(18)31-11-14-6-7-14)20(30)25-17(10-19(28)29)15-4-2-1-3-5-15/h1-5,8-9,14,17H,6-7,10-13H2,(H,25,30)(H,28,29). The molecule has 7 nitrogen and oxygen atoms in total. The van der Waals surface area contributed by atoms with Gasteiger partial charge in [-0.2, -0.15) is 0 Å². The molecule has 1 aromatic heterocycles. The van der Waals surface area contributed by atoms with Crippen molar-refractivity contribution < 1.29 is 28.2 Å². The molecule has 2 aromatic rings. The van der Waals surface area contributed by atoms with Gasteiger partial charge in [-0.3, -0.25) is 9.59 Å². The number of nitrogens with zero attached hydrogens (tertiary/aromatic N) is 2. The lowest BCUT2D eigenvalue weighted by atomic mass is 10.0. The SMILES string of the molecule is O=C(O)CC(NC(=O)c1ccc(N2CC(F)(F)C2)c(OCC2CC2)n1)c1ccccc1. The molecule has 1 saturated carbocycles. The van der Waals surface area contributed by atoms with Gasteiger partial charge in [0.1, 0.15) is 11.4 Å². The number of carboxylic acid groups (broad SMARTS) is 1. The van der Waals surface area contributed by atoms with E-state index in [1.54, 1.807) is 36.4 Å². The van der Waals surface area contributed by atoms with Crippen molar-refractivity contribution in [2.24, 2.45) is 5.92 Å². The summed E-state index contributed by atoms with van der Waals surface area (Å²) in [5.74, 6) is -3.80. The second kappa shape index (κ2) is 8.49. The minimum absolute atomic E-state index is 0.0353. The normalized spacial score (nSPS) is 18.1. The Balaban J connectivity index is 1.53. The number of carbonyl (C=O) groups is 2. The Hall–Kier alpha value is -3.23. The Kier molecular flexibility index (Phi) is 5.75. The first-order valence-electron chi connectivity index (χ1n) is 10.1. The number of halogens is 2. The molecule has 4 rings (SSSR count). The maximum Gasteiger partial charge on any atom is 0.305 e. The molecular formula is C22H23F2N3O4. The van der Waals surface area contributed by atoms with Crippen LogP contribution in [0.5, 0.6) is 5.88 Å². The van der Waals surface area contributed by atoms with Crippen LogP contribution >= 0.6 is 0 Å². The van der Waals surface area contributed by atoms with Crippen LogP contribution in [0.2, 0.25) is 0 Å². The molecule has 1 aliphatic heterocycles. The van der Waals surface area contributed by atoms with E-state index in [0.717, 1.165) is 12.8 Å². The lowest BCUT2D eigenvalue weighted by molar-refractivity contribution is -0.137. The van der Waals surface area contributed by atoms with Gasteiger partial charge in [0.15, 0.2) is 0 Å². The lowest BCUT2D eigenvalue weighted by Crippen LogP contribution is -2.56. The first-order valence-corrected chi connectivity index (χ1v) is 10.1. The molecule has 1 aliphatic carbocycles. The van der Waals surface area contributed by atoms with Crippen molar-refractivity contribution in [1.82, 2.24) is 10.3 Å². The predicted molar refractivity (Wildman–Crippen MR) is 109 cm³/mol. The topological polar surface area (TPSA) is 91.8 Å². The highest BCUT2D eigenvalue weighted by Gasteiger charge is 2.45. The summed E-state index contributed by atoms with van der Waals surface area (Å²) in [7, 11) is 0. The number of hydrogen-bond acceptors (Lipinski definition) is 5. The molecule has 2 aliphatic rings. The number of nitrogens with one attached hydrogen (secondary N) is 1. The van der Waals surface area contributed by atoms with Crippen LogP contribution in [0.25, 0.3) is 0 Å². The maximum absolute atomic E-state index is 13.3. The summed E-state index contributed by atoms with van der Waals surface area (Å²) in [6.07, 6.45) is 1.80. The molecule has 31 heavy (non-hydrogen) atoms. The van der Waals surface area contributed by atoms with Gasteiger partial charge in [-0.1, -0.05) is 30.3 Å². The molecule has 1 atom stereocenters. The molecule has 1 aromatic carbocycles. The number of rotatable bonds is 9. The Morgan fingerprint density at radius 2 is 1.90 bits per heavy atom. The highest BCUT2D eigenvalue weighted by atomic mass is 19.3. The van der Waals surface area contributed by atoms with Gasteiger partial charge in [0.2, 0.25) is 5.88 Å². The quantitative estimate of drug-likeness (QED) is 0.633. The van der Waals surface area contributed by atoms with Gasteiger partial charge in [-0.15, -0.1) is 0 Å². The van der Waals surface area contributed by atoms with E-state index in [1.165, 1.54) is 11.0 Å². The number of benzene rings is 1. The summed E-state index contributed by atoms with van der Waals surface area (Å²) >= 11 is 0. The van der Waals surface area contributed by atoms with Crippen molar-refractivity contribution in [2.45, 2.75) is 31.2 Å². The van der Waals surface area contributed by atoms with Gasteiger partial charge >= 0.3 is 5.97 Å². The molecule has 2 N–H and O–H groups in total. The summed E-state index contributed by atoms with van der Waals surface area (Å²) in [6.45, 7) is -0.426. The van der Waals surface area contributed by atoms with E-state index in [9.17, 15) is 23.5 Å². The second-order valence-electron chi connectivity index (χ2n) is 8.02. The Labute approximate surface area is 178 Å². The molecule has 0 spiro atoms. The van der Waals surface area contributed by atoms with E-state index in [1.807, 2.05) is 0 Å². The summed E-state index contributed by atoms with van der Waals surface area (Å²) < 4.78 is 32.4. The van der Waals surface area contributed by atoms with Crippen LogP contribution in [0.15, 0.2) is 42.5 Å². The fourth-order valence-electron chi connectivity index (χ4n) is 3.41. The third kappa shape index (κ3) is 5.28. The van der Waals surface area contributed by atoms with E-state index in [2.05, 4.69) is 10.3 Å². The van der Waals surface area contributed by atoms with E-state index in [4.69, 9.17) is 4.74 Å². The Bertz CT molecular complexity index is 958. The Morgan fingerprint density at radius 3 is 2.52 bits per heavy atom. The van der Waals surface area contributed by atoms with Gasteiger partial charge in [0, 0.05) is 0 Å². The fourth-order valence-corrected chi connectivity index (χ4v) is 3.41. The Morgan fingerprint density at radius 1 is 1.19 bits per heavy atom. The summed E-state index contributed by atoms with van der Waals surface area (Å²) in [5, 5.41) is 11.9. The minimum atomic E-state index is -2.75. The number of amides is 1. The zero-order valence-corrected chi connectivity index (χ0v) is 16.8. The number of anilines is 1. The van der Waals surface area contributed by atoms with Gasteiger partial charge in [0.05, 0.1) is 32.2 Å². The number of aromatic nitrogens is 1. The zero-order chi connectivity index (χ0) is 22.0. The van der Waals surface area contributed by atoms with E-state index >= 15 is 0 Å². The van der Waals surface area contributed by atoms with Crippen LogP contribution < -0.4 is 15.0 Å². The van der Waals surface area contributed by atoms with Crippen LogP contribution in [0.3, 0.4) is 0 Å². The highest BCUT2D eigenvalue weighted by Crippen LogP contribution is 2.38. The lowest BCUT2D eigenvalue weighted by Gasteiger charge is -2.40. The number of pyridine rings is 1. The number of ether oxygens (including phenoxy) is 1. The maximum atomic E-state index is 13.3. The first-order chi connectivity index (χ1) is 14.8. The summed E-state index contributed by atoms with van der Waals surface area (Å²) in [6, 6.07) is 11.0. The van der Waals surface area contributed by atoms with Gasteiger partial charge in [-0.05, 0) is 36.5 Å². The van der Waals surface area contributed by atoms with Crippen molar-refractivity contribution in [3.8, 4) is 5.88 Å². The summed E-state index contributed by atoms with van der Waals surface area (Å²) in [4.78, 5) is 29.8. The van der Waals surface area contributed by atoms with Gasteiger partial charge in [-0.25, -0.2) is 13.8 Å². The van der Waals surface area contributed by atoms with Crippen LogP contribution in [0, 0.1) is 5.92 Å². The first kappa shape index (κ1) is 21.0. The van der Waals surface area contributed by atoms with Crippen LogP contribution in [-0.4, -0.2) is 47.6 Å². The van der Waals surface area contributed by atoms with E-state index in [0.29, 0.717) is 23.8 Å². The molecule has 2 fully saturated rings. The monoisotopic (exact) mass is 431 g/mol. The molecule has 9 heteroatoms. The third-order valence-electron chi connectivity index (χ3n) is 5.30. The number of carbonyl (C=O) groups excluding carboxylic acids is 1. The second-order valence-corrected chi connectivity index (χ2v) is 8.02. The molecule has 2 heterocycles. The van der Waals surface area contributed by atoms with E-state index < -0.39 is 36.9 Å². The molecule has 1 saturated heterocycles. The van der Waals surface area contributed by atoms with Crippen molar-refractivity contribution >= 4 is 17.6 Å². The van der Waals surface area contributed by atoms with Crippen LogP contribution in [0.1, 0.15) is 41.4 Å². The predicted octanol–water partition coefficient (Wildman–Crippen LogP) is 3.27. The molecule has 0 radical (unpaired) electrons. The van der Waals surface area contributed by atoms with Gasteiger partial charge < -0.3 is 20.1 Å². The smallest absolute Gasteiger partial charge is 0.305 e. The van der Waals surface area contributed by atoms with Crippen molar-refractivity contribution in [1.29, 1.82) is 0 Å². The molecule has 1 amide bonds. The highest BCUT2D eigenvalue weighted by molar-refractivity contribution is 5.93. The zero-order valence-electron chi connectivity index (χ0n) is 16.8. The third-order valence-corrected chi connectivity index (χ3v) is 5.30. The fraction of sp³-hybridized carbons (Fsp3) is 0.409. The summed E-state index contributed by atoms with van der Waals surface area (Å²) in [5.41, 5.74) is 1.12. The largest absolute Gasteiger partial charge is 0.481 e. The van der Waals surface area contributed by atoms with Crippen molar-refractivity contribution in [3.05, 3.63) is 53.7 Å². The average molecular weight is 431 g/mol. The number of carboxylic acids is 1. The number of aliphatic carboxylic acids is 1. The average Bonchev–Trinajstić information content (AvgIpc) is 3.54. The van der Waals surface area contributed by atoms with Crippen molar-refractivity contribution in [3.63, 3.8) is 0 Å². The molecule has 164 valence electrons. The van der Waals surface area contributed by atoms with Crippen LogP contribution in [0.4, 0.5) is 14.5 Å². The molecular weight excluding hydrogens is 408 g/mol. The molecule has 1 unspecified atom stereocenters. The van der Waals surface area contributed by atoms with Gasteiger partial charge in [0.25, 0.3) is 11.8 Å². The van der Waals surface area contributed by atoms with Crippen molar-refractivity contribution in [2.75, 3.05) is 24.6 Å². The molecule has 0 bridgehead atoms. The number of alkyl halides is 2. The van der Waals surface area contributed by atoms with E-state index in [-0.39, 0.29) is 18.0 Å². The minimum Gasteiger partial charge on any atom is -0.481 e. The number of hydrogen-bond donors (Lipinski definition) is 2. The van der Waals surface area contributed by atoms with Crippen LogP contribution in [-0.2, 0) is 4.79 Å².